The lowest BCUT2D eigenvalue weighted by Gasteiger charge is -2.30. The van der Waals surface area contributed by atoms with Gasteiger partial charge in [0, 0.05) is 0 Å². The van der Waals surface area contributed by atoms with E-state index in [1.165, 1.54) is 17.7 Å². The van der Waals surface area contributed by atoms with Gasteiger partial charge in [-0.3, -0.25) is 0 Å². The van der Waals surface area contributed by atoms with Crippen molar-refractivity contribution in [3.05, 3.63) is 138 Å². The zero-order valence-electron chi connectivity index (χ0n) is 25.0. The molecular weight excluding hydrogens is 580 g/mol. The van der Waals surface area contributed by atoms with Crippen LogP contribution in [-0.2, 0) is 27.0 Å². The molecule has 0 aliphatic carbocycles. The average Bonchev–Trinajstić information content (AvgIpc) is 2.99. The molecule has 4 aromatic rings. The van der Waals surface area contributed by atoms with Gasteiger partial charge in [0.1, 0.15) is 12.0 Å². The Morgan fingerprint density at radius 1 is 0.744 bits per heavy atom. The van der Waals surface area contributed by atoms with E-state index in [0.717, 1.165) is 24.0 Å². The van der Waals surface area contributed by atoms with Crippen molar-refractivity contribution < 1.29 is 22.0 Å². The van der Waals surface area contributed by atoms with Gasteiger partial charge in [-0.05, 0) is 71.2 Å². The van der Waals surface area contributed by atoms with Gasteiger partial charge in [-0.25, -0.2) is 12.8 Å². The van der Waals surface area contributed by atoms with E-state index < -0.39 is 20.1 Å². The molecular formula is C36H39FO4S2. The fourth-order valence-electron chi connectivity index (χ4n) is 4.80. The number of hydrogen-bond acceptors (Lipinski definition) is 5. The number of benzene rings is 4. The summed E-state index contributed by atoms with van der Waals surface area (Å²) >= 11 is 0.155. The van der Waals surface area contributed by atoms with Gasteiger partial charge in [0.25, 0.3) is 4.33 Å². The summed E-state index contributed by atoms with van der Waals surface area (Å²) in [5, 5.41) is 0. The Hall–Kier alpha value is -3.39. The van der Waals surface area contributed by atoms with Crippen LogP contribution < -0.4 is 4.89 Å². The maximum absolute atomic E-state index is 17.6. The third-order valence-corrected chi connectivity index (χ3v) is 10.3. The molecule has 43 heavy (non-hydrogen) atoms. The number of halogens is 1. The molecule has 0 spiro atoms. The van der Waals surface area contributed by atoms with Gasteiger partial charge in [0.2, 0.25) is 9.84 Å². The molecule has 4 rings (SSSR count). The van der Waals surface area contributed by atoms with Gasteiger partial charge in [-0.15, -0.1) is 4.33 Å². The molecule has 4 nitrogen and oxygen atoms in total. The zero-order chi connectivity index (χ0) is 30.9. The van der Waals surface area contributed by atoms with Gasteiger partial charge in [0.05, 0.1) is 10.8 Å². The normalized spacial score (nSPS) is 14.2. The van der Waals surface area contributed by atoms with Crippen LogP contribution in [0.15, 0.2) is 120 Å². The SMILES string of the molecule is CC(C)Cc1ccc(/C=C/C(c2ccc(CC(C)C)cc2)C(F)(SOOc2ccccc2)S(=O)(=O)c2ccccc2)cc1. The molecule has 0 aliphatic rings. The van der Waals surface area contributed by atoms with E-state index in [1.54, 1.807) is 72.8 Å². The van der Waals surface area contributed by atoms with Crippen molar-refractivity contribution in [2.24, 2.45) is 11.8 Å². The minimum Gasteiger partial charge on any atom is -0.325 e. The molecule has 2 unspecified atom stereocenters. The van der Waals surface area contributed by atoms with Crippen LogP contribution in [0, 0.1) is 11.8 Å². The molecule has 0 bridgehead atoms. The molecule has 0 saturated heterocycles. The molecule has 2 atom stereocenters. The van der Waals surface area contributed by atoms with Gasteiger partial charge in [0.15, 0.2) is 5.75 Å². The average molecular weight is 619 g/mol. The predicted molar refractivity (Wildman–Crippen MR) is 175 cm³/mol. The largest absolute Gasteiger partial charge is 0.325 e. The highest BCUT2D eigenvalue weighted by Gasteiger charge is 2.54. The van der Waals surface area contributed by atoms with Crippen LogP contribution >= 0.6 is 12.0 Å². The smallest absolute Gasteiger partial charge is 0.298 e. The van der Waals surface area contributed by atoms with E-state index in [9.17, 15) is 8.42 Å². The predicted octanol–water partition coefficient (Wildman–Crippen LogP) is 9.64. The van der Waals surface area contributed by atoms with E-state index in [4.69, 9.17) is 9.22 Å². The number of hydrogen-bond donors (Lipinski definition) is 0. The van der Waals surface area contributed by atoms with Crippen molar-refractivity contribution in [1.82, 2.24) is 0 Å². The second-order valence-electron chi connectivity index (χ2n) is 11.5. The second-order valence-corrected chi connectivity index (χ2v) is 14.7. The zero-order valence-corrected chi connectivity index (χ0v) is 26.7. The Labute approximate surface area is 260 Å². The summed E-state index contributed by atoms with van der Waals surface area (Å²) in [6, 6.07) is 31.6. The molecule has 0 aromatic heterocycles. The number of alkyl halides is 1. The first-order chi connectivity index (χ1) is 20.6. The van der Waals surface area contributed by atoms with Crippen LogP contribution in [0.5, 0.6) is 5.75 Å². The van der Waals surface area contributed by atoms with Gasteiger partial charge >= 0.3 is 0 Å². The summed E-state index contributed by atoms with van der Waals surface area (Å²) in [5.41, 5.74) is 3.63. The van der Waals surface area contributed by atoms with Crippen LogP contribution in [0.25, 0.3) is 6.08 Å². The van der Waals surface area contributed by atoms with Crippen LogP contribution in [-0.4, -0.2) is 12.8 Å². The third kappa shape index (κ3) is 8.59. The Bertz CT molecular complexity index is 1550. The minimum absolute atomic E-state index is 0.152. The first kappa shape index (κ1) is 32.5. The fraction of sp³-hybridized carbons (Fsp3) is 0.278. The Morgan fingerprint density at radius 2 is 1.26 bits per heavy atom. The van der Waals surface area contributed by atoms with Crippen molar-refractivity contribution in [2.45, 2.75) is 55.7 Å². The van der Waals surface area contributed by atoms with Crippen molar-refractivity contribution in [1.29, 1.82) is 0 Å². The monoisotopic (exact) mass is 618 g/mol. The van der Waals surface area contributed by atoms with E-state index in [-0.39, 0.29) is 16.9 Å². The molecule has 0 radical (unpaired) electrons. The van der Waals surface area contributed by atoms with Crippen LogP contribution in [0.1, 0.15) is 55.9 Å². The summed E-state index contributed by atoms with van der Waals surface area (Å²) in [7, 11) is -4.62. The Balaban J connectivity index is 1.78. The molecule has 0 fully saturated rings. The first-order valence-electron chi connectivity index (χ1n) is 14.5. The van der Waals surface area contributed by atoms with E-state index in [0.29, 0.717) is 23.1 Å². The van der Waals surface area contributed by atoms with Gasteiger partial charge in [-0.1, -0.05) is 125 Å². The van der Waals surface area contributed by atoms with Crippen LogP contribution in [0.3, 0.4) is 0 Å². The maximum atomic E-state index is 17.6. The maximum Gasteiger partial charge on any atom is 0.298 e. The highest BCUT2D eigenvalue weighted by atomic mass is 32.3. The quantitative estimate of drug-likeness (QED) is 0.0800. The molecule has 0 amide bonds. The molecule has 4 aromatic carbocycles. The van der Waals surface area contributed by atoms with Crippen molar-refractivity contribution in [2.75, 3.05) is 0 Å². The van der Waals surface area contributed by atoms with E-state index in [1.807, 2.05) is 36.4 Å². The molecule has 0 saturated carbocycles. The number of sulfone groups is 1. The summed E-state index contributed by atoms with van der Waals surface area (Å²) in [4.78, 5) is 5.17. The Kier molecular flexibility index (Phi) is 11.2. The van der Waals surface area contributed by atoms with Crippen molar-refractivity contribution in [3.63, 3.8) is 0 Å². The minimum atomic E-state index is -4.62. The lowest BCUT2D eigenvalue weighted by atomic mass is 9.95. The van der Waals surface area contributed by atoms with Gasteiger partial charge in [-0.2, -0.15) is 0 Å². The first-order valence-corrected chi connectivity index (χ1v) is 16.7. The number of allylic oxidation sites excluding steroid dienone is 1. The lowest BCUT2D eigenvalue weighted by Crippen LogP contribution is -2.37. The molecule has 226 valence electrons. The van der Waals surface area contributed by atoms with E-state index >= 15 is 4.39 Å². The highest BCUT2D eigenvalue weighted by molar-refractivity contribution is 8.12. The second kappa shape index (κ2) is 14.9. The topological polar surface area (TPSA) is 52.6 Å². The molecule has 0 heterocycles. The number of rotatable bonds is 14. The Morgan fingerprint density at radius 3 is 1.79 bits per heavy atom. The summed E-state index contributed by atoms with van der Waals surface area (Å²) in [5.74, 6) is 0.0412. The molecule has 0 N–H and O–H groups in total. The third-order valence-electron chi connectivity index (χ3n) is 6.90. The molecule has 0 aliphatic heterocycles. The van der Waals surface area contributed by atoms with E-state index in [2.05, 4.69) is 27.7 Å². The number of para-hydroxylation sites is 1. The van der Waals surface area contributed by atoms with Crippen LogP contribution in [0.2, 0.25) is 0 Å². The highest BCUT2D eigenvalue weighted by Crippen LogP contribution is 2.49. The van der Waals surface area contributed by atoms with Gasteiger partial charge < -0.3 is 4.89 Å². The lowest BCUT2D eigenvalue weighted by molar-refractivity contribution is -0.0807. The van der Waals surface area contributed by atoms with Crippen LogP contribution in [0.4, 0.5) is 4.39 Å². The standard InChI is InChI=1S/C36H39FO4S2/c1-27(2)25-30-17-15-29(16-18-30)21-24-35(32-22-19-31(20-23-32)26-28(3)4)36(37,42-41-40-33-11-7-5-8-12-33)43(38,39)34-13-9-6-10-14-34/h5-24,27-28,35H,25-26H2,1-4H3/b24-21+. The summed E-state index contributed by atoms with van der Waals surface area (Å²) in [6.45, 7) is 8.59. The molecule has 7 heteroatoms. The summed E-state index contributed by atoms with van der Waals surface area (Å²) in [6.07, 6.45) is 5.18. The summed E-state index contributed by atoms with van der Waals surface area (Å²) < 4.78 is 48.2. The van der Waals surface area contributed by atoms with Crippen molar-refractivity contribution in [3.8, 4) is 5.75 Å². The van der Waals surface area contributed by atoms with Crippen molar-refractivity contribution >= 4 is 28.0 Å². The fourth-order valence-corrected chi connectivity index (χ4v) is 7.44.